The Morgan fingerprint density at radius 3 is 2.60 bits per heavy atom. The minimum Gasteiger partial charge on any atom is -0.493 e. The predicted octanol–water partition coefficient (Wildman–Crippen LogP) is 5.40. The Bertz CT molecular complexity index is 1330. The summed E-state index contributed by atoms with van der Waals surface area (Å²) in [4.78, 5) is 12.4. The molecule has 0 fully saturated rings. The number of carbonyl (C=O) groups is 1. The van der Waals surface area contributed by atoms with Crippen LogP contribution in [0.1, 0.15) is 27.2 Å². The molecule has 0 aliphatic carbocycles. The smallest absolute Gasteiger partial charge is 0.289 e. The number of ether oxygens (including phenoxy) is 2. The van der Waals surface area contributed by atoms with Crippen molar-refractivity contribution in [1.82, 2.24) is 15.6 Å². The minimum absolute atomic E-state index is 0.294. The molecule has 1 aromatic heterocycles. The summed E-state index contributed by atoms with van der Waals surface area (Å²) >= 11 is 0. The Morgan fingerprint density at radius 1 is 1.03 bits per heavy atom. The van der Waals surface area contributed by atoms with Crippen LogP contribution in [0.25, 0.3) is 17.3 Å². The average molecular weight is 467 g/mol. The molecule has 35 heavy (non-hydrogen) atoms. The second-order valence-electron chi connectivity index (χ2n) is 7.80. The van der Waals surface area contributed by atoms with Crippen molar-refractivity contribution >= 4 is 18.2 Å². The molecule has 4 aromatic rings. The van der Waals surface area contributed by atoms with Crippen LogP contribution in [0.3, 0.4) is 0 Å². The van der Waals surface area contributed by atoms with E-state index >= 15 is 0 Å². The lowest BCUT2D eigenvalue weighted by Crippen LogP contribution is -2.17. The van der Waals surface area contributed by atoms with Crippen molar-refractivity contribution in [3.63, 3.8) is 0 Å². The van der Waals surface area contributed by atoms with Crippen LogP contribution in [0, 0.1) is 6.92 Å². The van der Waals surface area contributed by atoms with Crippen molar-refractivity contribution in [2.45, 2.75) is 13.5 Å². The van der Waals surface area contributed by atoms with E-state index in [0.717, 1.165) is 16.7 Å². The molecule has 7 heteroatoms. The molecule has 0 unspecified atom stereocenters. The quantitative estimate of drug-likeness (QED) is 0.255. The maximum atomic E-state index is 12.4. The molecule has 0 aliphatic rings. The molecular weight excluding hydrogens is 440 g/mol. The van der Waals surface area contributed by atoms with E-state index in [-0.39, 0.29) is 0 Å². The van der Waals surface area contributed by atoms with Gasteiger partial charge in [0.25, 0.3) is 5.91 Å². The van der Waals surface area contributed by atoms with Gasteiger partial charge in [-0.05, 0) is 48.4 Å². The third kappa shape index (κ3) is 6.45. The summed E-state index contributed by atoms with van der Waals surface area (Å²) in [5, 5.41) is 10.9. The van der Waals surface area contributed by atoms with Gasteiger partial charge in [0.15, 0.2) is 11.5 Å². The molecule has 0 spiro atoms. The molecule has 0 atom stereocenters. The van der Waals surface area contributed by atoms with Crippen LogP contribution in [0.4, 0.5) is 0 Å². The van der Waals surface area contributed by atoms with Gasteiger partial charge in [-0.1, -0.05) is 66.2 Å². The maximum Gasteiger partial charge on any atom is 0.289 e. The van der Waals surface area contributed by atoms with E-state index in [2.05, 4.69) is 32.9 Å². The number of hydrazone groups is 1. The monoisotopic (exact) mass is 466 g/mol. The van der Waals surface area contributed by atoms with Gasteiger partial charge in [0.1, 0.15) is 12.3 Å². The molecule has 0 bridgehead atoms. The Labute approximate surface area is 204 Å². The molecule has 2 N–H and O–H groups in total. The summed E-state index contributed by atoms with van der Waals surface area (Å²) in [5.74, 6) is 0.819. The number of carbonyl (C=O) groups excluding carboxylic acids is 1. The lowest BCUT2D eigenvalue weighted by atomic mass is 10.1. The number of aryl methyl sites for hydroxylation is 1. The molecule has 3 aromatic carbocycles. The van der Waals surface area contributed by atoms with Crippen LogP contribution in [0.15, 0.2) is 90.0 Å². The van der Waals surface area contributed by atoms with E-state index in [1.807, 2.05) is 73.7 Å². The predicted molar refractivity (Wildman–Crippen MR) is 138 cm³/mol. The fraction of sp³-hybridized carbons (Fsp3) is 0.107. The summed E-state index contributed by atoms with van der Waals surface area (Å²) in [5.41, 5.74) is 7.49. The fourth-order valence-electron chi connectivity index (χ4n) is 3.29. The van der Waals surface area contributed by atoms with E-state index in [4.69, 9.17) is 9.47 Å². The first-order valence-electron chi connectivity index (χ1n) is 11.1. The van der Waals surface area contributed by atoms with Crippen molar-refractivity contribution in [1.29, 1.82) is 0 Å². The number of nitrogens with zero attached hydrogens (tertiary/aromatic N) is 2. The van der Waals surface area contributed by atoms with E-state index in [9.17, 15) is 4.79 Å². The Morgan fingerprint density at radius 2 is 1.83 bits per heavy atom. The van der Waals surface area contributed by atoms with Gasteiger partial charge in [-0.15, -0.1) is 0 Å². The number of amides is 1. The van der Waals surface area contributed by atoms with Gasteiger partial charge < -0.3 is 9.47 Å². The SMILES string of the molecule is COc1cc(-c2cc(C(=O)NN=CC=Cc3ccccc3)[nH]n2)ccc1OCc1ccc(C)cc1. The molecule has 1 heterocycles. The number of aromatic amines is 1. The van der Waals surface area contributed by atoms with Crippen LogP contribution in [0.2, 0.25) is 0 Å². The Balaban J connectivity index is 1.37. The zero-order valence-corrected chi connectivity index (χ0v) is 19.6. The molecule has 4 rings (SSSR count). The number of aromatic nitrogens is 2. The van der Waals surface area contributed by atoms with Crippen molar-refractivity contribution in [3.8, 4) is 22.8 Å². The van der Waals surface area contributed by atoms with Gasteiger partial charge in [0.05, 0.1) is 12.8 Å². The lowest BCUT2D eigenvalue weighted by Gasteiger charge is -2.12. The normalized spacial score (nSPS) is 11.1. The summed E-state index contributed by atoms with van der Waals surface area (Å²) in [6.07, 6.45) is 5.16. The highest BCUT2D eigenvalue weighted by Crippen LogP contribution is 2.32. The second kappa shape index (κ2) is 11.5. The van der Waals surface area contributed by atoms with Gasteiger partial charge in [0.2, 0.25) is 0 Å². The van der Waals surface area contributed by atoms with E-state index in [1.54, 1.807) is 19.3 Å². The second-order valence-corrected chi connectivity index (χ2v) is 7.80. The van der Waals surface area contributed by atoms with E-state index in [1.165, 1.54) is 11.8 Å². The minimum atomic E-state index is -0.391. The number of allylic oxidation sites excluding steroid dienone is 1. The van der Waals surface area contributed by atoms with Crippen molar-refractivity contribution in [2.75, 3.05) is 7.11 Å². The van der Waals surface area contributed by atoms with Crippen LogP contribution in [0.5, 0.6) is 11.5 Å². The van der Waals surface area contributed by atoms with Gasteiger partial charge in [-0.25, -0.2) is 5.43 Å². The van der Waals surface area contributed by atoms with Crippen LogP contribution in [-0.2, 0) is 6.61 Å². The highest BCUT2D eigenvalue weighted by atomic mass is 16.5. The summed E-state index contributed by atoms with van der Waals surface area (Å²) in [6, 6.07) is 25.2. The number of benzene rings is 3. The van der Waals surface area contributed by atoms with E-state index in [0.29, 0.717) is 29.5 Å². The molecule has 0 aliphatic heterocycles. The standard InChI is InChI=1S/C28H26N4O3/c1-20-10-12-22(13-11-20)19-35-26-15-14-23(17-27(26)34-2)24-18-25(31-30-24)28(33)32-29-16-6-9-21-7-4-3-5-8-21/h3-18H,19H2,1-2H3,(H,30,31)(H,32,33). The molecule has 1 amide bonds. The van der Waals surface area contributed by atoms with Crippen molar-refractivity contribution in [3.05, 3.63) is 107 Å². The first-order chi connectivity index (χ1) is 17.1. The van der Waals surface area contributed by atoms with Crippen molar-refractivity contribution < 1.29 is 14.3 Å². The van der Waals surface area contributed by atoms with Crippen LogP contribution < -0.4 is 14.9 Å². The highest BCUT2D eigenvalue weighted by Gasteiger charge is 2.13. The van der Waals surface area contributed by atoms with Gasteiger partial charge in [-0.3, -0.25) is 9.89 Å². The molecule has 7 nitrogen and oxygen atoms in total. The topological polar surface area (TPSA) is 88.6 Å². The number of H-pyrrole nitrogens is 1. The zero-order chi connectivity index (χ0) is 24.5. The average Bonchev–Trinajstić information content (AvgIpc) is 3.39. The lowest BCUT2D eigenvalue weighted by molar-refractivity contribution is 0.0950. The summed E-state index contributed by atoms with van der Waals surface area (Å²) in [7, 11) is 1.59. The van der Waals surface area contributed by atoms with Crippen LogP contribution >= 0.6 is 0 Å². The highest BCUT2D eigenvalue weighted by molar-refractivity contribution is 5.94. The maximum absolute atomic E-state index is 12.4. The number of hydrogen-bond donors (Lipinski definition) is 2. The van der Waals surface area contributed by atoms with Crippen LogP contribution in [-0.4, -0.2) is 29.4 Å². The number of methoxy groups -OCH3 is 1. The summed E-state index contributed by atoms with van der Waals surface area (Å²) in [6.45, 7) is 2.48. The van der Waals surface area contributed by atoms with Gasteiger partial charge in [0, 0.05) is 11.8 Å². The molecular formula is C28H26N4O3. The Kier molecular flexibility index (Phi) is 7.70. The molecule has 0 saturated heterocycles. The molecule has 0 saturated carbocycles. The number of rotatable bonds is 9. The zero-order valence-electron chi connectivity index (χ0n) is 19.6. The van der Waals surface area contributed by atoms with Gasteiger partial charge in [-0.2, -0.15) is 10.2 Å². The first kappa shape index (κ1) is 23.5. The van der Waals surface area contributed by atoms with E-state index < -0.39 is 5.91 Å². The number of nitrogens with one attached hydrogen (secondary N) is 2. The first-order valence-corrected chi connectivity index (χ1v) is 11.1. The largest absolute Gasteiger partial charge is 0.493 e. The van der Waals surface area contributed by atoms with Gasteiger partial charge >= 0.3 is 0 Å². The Hall–Kier alpha value is -4.65. The summed E-state index contributed by atoms with van der Waals surface area (Å²) < 4.78 is 11.5. The third-order valence-corrected chi connectivity index (χ3v) is 5.21. The third-order valence-electron chi connectivity index (χ3n) is 5.21. The fourth-order valence-corrected chi connectivity index (χ4v) is 3.29. The number of hydrogen-bond acceptors (Lipinski definition) is 5. The molecule has 176 valence electrons. The van der Waals surface area contributed by atoms with Crippen molar-refractivity contribution in [2.24, 2.45) is 5.10 Å². The molecule has 0 radical (unpaired) electrons.